The Bertz CT molecular complexity index is 375. The molecular formula is C11H12BrF2N. The number of hydrogen-bond acceptors (Lipinski definition) is 1. The van der Waals surface area contributed by atoms with Crippen LogP contribution in [-0.2, 0) is 5.41 Å². The summed E-state index contributed by atoms with van der Waals surface area (Å²) in [5, 5.41) is 0. The smallest absolute Gasteiger partial charge is 0.264 e. The van der Waals surface area contributed by atoms with Gasteiger partial charge < -0.3 is 5.73 Å². The first-order valence-electron chi connectivity index (χ1n) is 4.87. The molecule has 15 heavy (non-hydrogen) atoms. The summed E-state index contributed by atoms with van der Waals surface area (Å²) in [6, 6.07) is 4.92. The van der Waals surface area contributed by atoms with Crippen LogP contribution in [-0.4, -0.2) is 6.54 Å². The van der Waals surface area contributed by atoms with Gasteiger partial charge in [-0.3, -0.25) is 0 Å². The second kappa shape index (κ2) is 3.83. The second-order valence-corrected chi connectivity index (χ2v) is 4.93. The van der Waals surface area contributed by atoms with E-state index in [1.807, 2.05) is 0 Å². The average Bonchev–Trinajstić information content (AvgIpc) is 2.97. The molecular weight excluding hydrogens is 264 g/mol. The van der Waals surface area contributed by atoms with Crippen LogP contribution >= 0.6 is 15.9 Å². The van der Waals surface area contributed by atoms with Gasteiger partial charge in [0.2, 0.25) is 0 Å². The molecule has 0 atom stereocenters. The molecule has 0 aliphatic heterocycles. The Morgan fingerprint density at radius 3 is 2.53 bits per heavy atom. The molecule has 2 rings (SSSR count). The normalized spacial score (nSPS) is 18.2. The molecule has 82 valence electrons. The highest BCUT2D eigenvalue weighted by Crippen LogP contribution is 2.50. The van der Waals surface area contributed by atoms with Crippen LogP contribution in [0.15, 0.2) is 22.7 Å². The fourth-order valence-electron chi connectivity index (χ4n) is 1.91. The molecule has 1 nitrogen and oxygen atoms in total. The van der Waals surface area contributed by atoms with Gasteiger partial charge in [-0.1, -0.05) is 22.0 Å². The molecule has 0 bridgehead atoms. The van der Waals surface area contributed by atoms with Gasteiger partial charge in [0.1, 0.15) is 0 Å². The highest BCUT2D eigenvalue weighted by Gasteiger charge is 2.45. The maximum atomic E-state index is 12.8. The standard InChI is InChI=1S/C11H12BrF2N/c12-7-1-2-8(10(13)14)9(5-7)11(6-15)3-4-11/h1-2,5,10H,3-4,6,15H2. The molecule has 2 N–H and O–H groups in total. The van der Waals surface area contributed by atoms with Crippen molar-refractivity contribution in [1.82, 2.24) is 0 Å². The average molecular weight is 276 g/mol. The zero-order valence-corrected chi connectivity index (χ0v) is 9.73. The molecule has 0 saturated heterocycles. The fourth-order valence-corrected chi connectivity index (χ4v) is 2.27. The van der Waals surface area contributed by atoms with Gasteiger partial charge in [-0.25, -0.2) is 8.78 Å². The van der Waals surface area contributed by atoms with Crippen molar-refractivity contribution in [3.05, 3.63) is 33.8 Å². The van der Waals surface area contributed by atoms with Gasteiger partial charge in [0.15, 0.2) is 0 Å². The van der Waals surface area contributed by atoms with Crippen LogP contribution in [0.2, 0.25) is 0 Å². The molecule has 1 fully saturated rings. The molecule has 0 heterocycles. The van der Waals surface area contributed by atoms with Crippen molar-refractivity contribution in [2.24, 2.45) is 5.73 Å². The molecule has 1 aromatic rings. The van der Waals surface area contributed by atoms with E-state index in [0.29, 0.717) is 6.54 Å². The van der Waals surface area contributed by atoms with Gasteiger partial charge >= 0.3 is 0 Å². The number of hydrogen-bond donors (Lipinski definition) is 1. The quantitative estimate of drug-likeness (QED) is 0.899. The maximum absolute atomic E-state index is 12.8. The minimum absolute atomic E-state index is 0.126. The first-order chi connectivity index (χ1) is 7.09. The molecule has 1 aliphatic rings. The van der Waals surface area contributed by atoms with E-state index in [1.54, 1.807) is 12.1 Å². The molecule has 0 spiro atoms. The van der Waals surface area contributed by atoms with Crippen LogP contribution in [0.1, 0.15) is 30.4 Å². The zero-order chi connectivity index (χ0) is 11.1. The third-order valence-electron chi connectivity index (χ3n) is 3.07. The van der Waals surface area contributed by atoms with E-state index in [-0.39, 0.29) is 11.0 Å². The molecule has 0 unspecified atom stereocenters. The van der Waals surface area contributed by atoms with E-state index in [9.17, 15) is 8.78 Å². The highest BCUT2D eigenvalue weighted by atomic mass is 79.9. The van der Waals surface area contributed by atoms with Crippen LogP contribution in [0.5, 0.6) is 0 Å². The SMILES string of the molecule is NCC1(c2cc(Br)ccc2C(F)F)CC1. The van der Waals surface area contributed by atoms with Gasteiger partial charge in [0.25, 0.3) is 6.43 Å². The van der Waals surface area contributed by atoms with Crippen molar-refractivity contribution in [3.8, 4) is 0 Å². The first kappa shape index (κ1) is 11.0. The number of benzene rings is 1. The Balaban J connectivity index is 2.48. The van der Waals surface area contributed by atoms with Gasteiger partial charge in [0.05, 0.1) is 0 Å². The predicted molar refractivity (Wildman–Crippen MR) is 59.1 cm³/mol. The summed E-state index contributed by atoms with van der Waals surface area (Å²) in [4.78, 5) is 0. The molecule has 0 amide bonds. The molecule has 1 saturated carbocycles. The lowest BCUT2D eigenvalue weighted by Crippen LogP contribution is -2.21. The predicted octanol–water partition coefficient (Wildman–Crippen LogP) is 3.38. The number of nitrogens with two attached hydrogens (primary N) is 1. The summed E-state index contributed by atoms with van der Waals surface area (Å²) in [7, 11) is 0. The van der Waals surface area contributed by atoms with Crippen molar-refractivity contribution in [1.29, 1.82) is 0 Å². The number of alkyl halides is 2. The van der Waals surface area contributed by atoms with Crippen LogP contribution in [0, 0.1) is 0 Å². The van der Waals surface area contributed by atoms with E-state index in [1.165, 1.54) is 6.07 Å². The van der Waals surface area contributed by atoms with Crippen molar-refractivity contribution >= 4 is 15.9 Å². The summed E-state index contributed by atoms with van der Waals surface area (Å²) < 4.78 is 26.4. The van der Waals surface area contributed by atoms with Gasteiger partial charge in [-0.15, -0.1) is 0 Å². The molecule has 1 aliphatic carbocycles. The Morgan fingerprint density at radius 2 is 2.07 bits per heavy atom. The van der Waals surface area contributed by atoms with Crippen molar-refractivity contribution < 1.29 is 8.78 Å². The van der Waals surface area contributed by atoms with Crippen LogP contribution in [0.4, 0.5) is 8.78 Å². The van der Waals surface area contributed by atoms with Crippen molar-refractivity contribution in [2.75, 3.05) is 6.54 Å². The topological polar surface area (TPSA) is 26.0 Å². The van der Waals surface area contributed by atoms with Crippen LogP contribution in [0.25, 0.3) is 0 Å². The minimum atomic E-state index is -2.42. The van der Waals surface area contributed by atoms with Gasteiger partial charge in [-0.05, 0) is 30.5 Å². The number of rotatable bonds is 3. The van der Waals surface area contributed by atoms with Crippen molar-refractivity contribution in [3.63, 3.8) is 0 Å². The third kappa shape index (κ3) is 1.93. The summed E-state index contributed by atoms with van der Waals surface area (Å²) in [5.41, 5.74) is 6.32. The van der Waals surface area contributed by atoms with E-state index >= 15 is 0 Å². The fraction of sp³-hybridized carbons (Fsp3) is 0.455. The summed E-state index contributed by atoms with van der Waals surface area (Å²) >= 11 is 3.31. The van der Waals surface area contributed by atoms with E-state index in [4.69, 9.17) is 5.73 Å². The second-order valence-electron chi connectivity index (χ2n) is 4.02. The molecule has 0 radical (unpaired) electrons. The zero-order valence-electron chi connectivity index (χ0n) is 8.14. The monoisotopic (exact) mass is 275 g/mol. The third-order valence-corrected chi connectivity index (χ3v) is 3.56. The van der Waals surface area contributed by atoms with Gasteiger partial charge in [0, 0.05) is 22.0 Å². The Hall–Kier alpha value is -0.480. The summed E-state index contributed by atoms with van der Waals surface area (Å²) in [6.45, 7) is 0.448. The molecule has 4 heteroatoms. The highest BCUT2D eigenvalue weighted by molar-refractivity contribution is 9.10. The lowest BCUT2D eigenvalue weighted by atomic mass is 9.91. The van der Waals surface area contributed by atoms with Crippen LogP contribution < -0.4 is 5.73 Å². The lowest BCUT2D eigenvalue weighted by Gasteiger charge is -2.17. The van der Waals surface area contributed by atoms with Crippen molar-refractivity contribution in [2.45, 2.75) is 24.7 Å². The Morgan fingerprint density at radius 1 is 1.40 bits per heavy atom. The minimum Gasteiger partial charge on any atom is -0.330 e. The van der Waals surface area contributed by atoms with E-state index < -0.39 is 6.43 Å². The first-order valence-corrected chi connectivity index (χ1v) is 5.66. The largest absolute Gasteiger partial charge is 0.330 e. The Labute approximate surface area is 95.8 Å². The van der Waals surface area contributed by atoms with Crippen LogP contribution in [0.3, 0.4) is 0 Å². The van der Waals surface area contributed by atoms with E-state index in [0.717, 1.165) is 22.9 Å². The summed E-state index contributed by atoms with van der Waals surface area (Å²) in [6.07, 6.45) is -0.587. The van der Waals surface area contributed by atoms with Gasteiger partial charge in [-0.2, -0.15) is 0 Å². The number of halogens is 3. The molecule has 0 aromatic heterocycles. The maximum Gasteiger partial charge on any atom is 0.264 e. The van der Waals surface area contributed by atoms with E-state index in [2.05, 4.69) is 15.9 Å². The summed E-state index contributed by atoms with van der Waals surface area (Å²) in [5.74, 6) is 0. The molecule has 1 aromatic carbocycles. The Kier molecular flexibility index (Phi) is 2.81. The lowest BCUT2D eigenvalue weighted by molar-refractivity contribution is 0.149.